The van der Waals surface area contributed by atoms with Crippen molar-refractivity contribution in [3.8, 4) is 11.1 Å². The van der Waals surface area contributed by atoms with E-state index in [4.69, 9.17) is 14.5 Å². The predicted molar refractivity (Wildman–Crippen MR) is 208 cm³/mol. The zero-order valence-electron chi connectivity index (χ0n) is 32.1. The zero-order chi connectivity index (χ0) is 37.9. The monoisotopic (exact) mass is 734 g/mol. The molecule has 0 saturated carbocycles. The molecule has 1 N–H and O–H groups in total. The second-order valence-corrected chi connectivity index (χ2v) is 16.0. The van der Waals surface area contributed by atoms with Gasteiger partial charge in [-0.05, 0) is 60.4 Å². The first-order valence-corrected chi connectivity index (χ1v) is 19.1. The summed E-state index contributed by atoms with van der Waals surface area (Å²) in [4.78, 5) is 56.1. The Morgan fingerprint density at radius 1 is 1.06 bits per heavy atom. The Morgan fingerprint density at radius 3 is 2.56 bits per heavy atom. The summed E-state index contributed by atoms with van der Waals surface area (Å²) in [6.07, 6.45) is 7.77. The van der Waals surface area contributed by atoms with E-state index in [0.717, 1.165) is 79.4 Å². The Balaban J connectivity index is 1.10. The number of aromatic nitrogens is 4. The van der Waals surface area contributed by atoms with Gasteiger partial charge in [-0.3, -0.25) is 19.3 Å². The van der Waals surface area contributed by atoms with Crippen LogP contribution in [0.3, 0.4) is 0 Å². The van der Waals surface area contributed by atoms with Gasteiger partial charge in [0.1, 0.15) is 29.6 Å². The van der Waals surface area contributed by atoms with E-state index in [1.165, 1.54) is 22.7 Å². The van der Waals surface area contributed by atoms with Gasteiger partial charge in [-0.25, -0.2) is 9.97 Å². The first-order chi connectivity index (χ1) is 25.9. The van der Waals surface area contributed by atoms with Crippen LogP contribution in [-0.2, 0) is 53.7 Å². The minimum atomic E-state index is -0.416. The lowest BCUT2D eigenvalue weighted by Gasteiger charge is -2.46. The van der Waals surface area contributed by atoms with Gasteiger partial charge in [0.2, 0.25) is 0 Å². The van der Waals surface area contributed by atoms with Gasteiger partial charge >= 0.3 is 5.97 Å². The molecule has 3 aromatic heterocycles. The fraction of sp³-hybridized carbons (Fsp3) is 0.488. The highest BCUT2D eigenvalue weighted by molar-refractivity contribution is 6.07. The largest absolute Gasteiger partial charge is 0.461 e. The molecule has 1 amide bonds. The minimum Gasteiger partial charge on any atom is -0.461 e. The molecule has 1 aliphatic carbocycles. The smallest absolute Gasteiger partial charge is 0.302 e. The van der Waals surface area contributed by atoms with Crippen LogP contribution < -0.4 is 20.7 Å². The number of carbonyl (C=O) groups is 2. The molecule has 4 aromatic rings. The van der Waals surface area contributed by atoms with Gasteiger partial charge in [0.25, 0.3) is 11.5 Å². The summed E-state index contributed by atoms with van der Waals surface area (Å²) < 4.78 is 14.8. The molecule has 3 aliphatic heterocycles. The van der Waals surface area contributed by atoms with Gasteiger partial charge in [0.05, 0.1) is 37.3 Å². The van der Waals surface area contributed by atoms with Crippen molar-refractivity contribution in [1.29, 1.82) is 0 Å². The molecule has 1 aromatic carbocycles. The molecule has 6 heterocycles. The van der Waals surface area contributed by atoms with Gasteiger partial charge in [-0.15, -0.1) is 0 Å². The molecule has 284 valence electrons. The molecular formula is C41H50N8O5. The lowest BCUT2D eigenvalue weighted by Crippen LogP contribution is -2.59. The quantitative estimate of drug-likeness (QED) is 0.242. The summed E-state index contributed by atoms with van der Waals surface area (Å²) in [6, 6.07) is 8.68. The standard InChI is InChI=1S/C41H50N8O5/c1-7-27-8-9-31(32(24-54-26(3)50)38(27)49-13-12-48-34(40(49)52)15-28-16-41(4,5)17-35(28)48)29-14-33(39(51)45(6)21-29)44-36-18-43-37(19-42-36)47-11-10-46(20-25(47)2)30-22-53-23-30/h8-9,14-15,18-19,21,25,30H,7,10-13,16-17,20,22-24H2,1-6H3,(H,42,44)/t25-/m0/s1. The van der Waals surface area contributed by atoms with E-state index in [1.54, 1.807) is 31.7 Å². The number of anilines is 4. The average Bonchev–Trinajstić information content (AvgIpc) is 3.61. The third-order valence-corrected chi connectivity index (χ3v) is 11.5. The molecular weight excluding hydrogens is 685 g/mol. The summed E-state index contributed by atoms with van der Waals surface area (Å²) in [5, 5.41) is 3.21. The number of hydrogen-bond donors (Lipinski definition) is 1. The molecule has 1 atom stereocenters. The van der Waals surface area contributed by atoms with Crippen molar-refractivity contribution in [2.75, 3.05) is 54.5 Å². The van der Waals surface area contributed by atoms with Crippen molar-refractivity contribution in [2.45, 2.75) is 79.1 Å². The Bertz CT molecular complexity index is 2170. The molecule has 13 nitrogen and oxygen atoms in total. The second-order valence-electron chi connectivity index (χ2n) is 16.0. The van der Waals surface area contributed by atoms with Crippen LogP contribution in [0.15, 0.2) is 47.7 Å². The maximum absolute atomic E-state index is 14.4. The fourth-order valence-corrected chi connectivity index (χ4v) is 8.73. The van der Waals surface area contributed by atoms with Crippen LogP contribution in [0.25, 0.3) is 11.1 Å². The summed E-state index contributed by atoms with van der Waals surface area (Å²) in [5.41, 5.74) is 7.47. The van der Waals surface area contributed by atoms with E-state index in [1.807, 2.05) is 17.0 Å². The van der Waals surface area contributed by atoms with Crippen LogP contribution in [0.4, 0.5) is 23.0 Å². The van der Waals surface area contributed by atoms with Gasteiger partial charge in [0, 0.05) is 75.8 Å². The Kier molecular flexibility index (Phi) is 9.33. The van der Waals surface area contributed by atoms with Crippen LogP contribution in [0, 0.1) is 5.41 Å². The molecule has 4 aliphatic rings. The molecule has 0 unspecified atom stereocenters. The number of nitrogens with one attached hydrogen (secondary N) is 1. The lowest BCUT2D eigenvalue weighted by molar-refractivity contribution is -0.142. The number of hydrogen-bond acceptors (Lipinski definition) is 10. The van der Waals surface area contributed by atoms with Crippen LogP contribution in [-0.4, -0.2) is 87.4 Å². The zero-order valence-corrected chi connectivity index (χ0v) is 32.1. The first kappa shape index (κ1) is 36.0. The molecule has 54 heavy (non-hydrogen) atoms. The van der Waals surface area contributed by atoms with Gasteiger partial charge in [-0.1, -0.05) is 32.9 Å². The second kappa shape index (κ2) is 14.0. The highest BCUT2D eigenvalue weighted by atomic mass is 16.5. The van der Waals surface area contributed by atoms with Gasteiger partial charge in [0.15, 0.2) is 0 Å². The van der Waals surface area contributed by atoms with E-state index in [-0.39, 0.29) is 29.5 Å². The number of aryl methyl sites for hydroxylation is 2. The van der Waals surface area contributed by atoms with Crippen molar-refractivity contribution in [2.24, 2.45) is 12.5 Å². The number of amides is 1. The molecule has 0 spiro atoms. The summed E-state index contributed by atoms with van der Waals surface area (Å²) in [7, 11) is 1.71. The average molecular weight is 735 g/mol. The molecule has 8 rings (SSSR count). The third kappa shape index (κ3) is 6.57. The van der Waals surface area contributed by atoms with Crippen molar-refractivity contribution in [3.63, 3.8) is 0 Å². The highest BCUT2D eigenvalue weighted by Crippen LogP contribution is 2.42. The summed E-state index contributed by atoms with van der Waals surface area (Å²) in [5.74, 6) is 0.773. The topological polar surface area (TPSA) is 127 Å². The van der Waals surface area contributed by atoms with E-state index >= 15 is 0 Å². The Labute approximate surface area is 315 Å². The number of piperazine rings is 1. The van der Waals surface area contributed by atoms with Crippen molar-refractivity contribution in [3.05, 3.63) is 81.3 Å². The van der Waals surface area contributed by atoms with Crippen LogP contribution in [0.2, 0.25) is 0 Å². The third-order valence-electron chi connectivity index (χ3n) is 11.5. The van der Waals surface area contributed by atoms with Gasteiger partial charge < -0.3 is 33.7 Å². The normalized spacial score (nSPS) is 19.7. The van der Waals surface area contributed by atoms with Crippen LogP contribution in [0.5, 0.6) is 0 Å². The highest BCUT2D eigenvalue weighted by Gasteiger charge is 2.38. The number of nitrogens with zero attached hydrogens (tertiary/aromatic N) is 7. The molecule has 13 heteroatoms. The number of fused-ring (bicyclic) bond motifs is 3. The Hall–Kier alpha value is -5.01. The maximum atomic E-state index is 14.4. The van der Waals surface area contributed by atoms with E-state index in [0.29, 0.717) is 42.8 Å². The molecule has 2 fully saturated rings. The van der Waals surface area contributed by atoms with E-state index in [2.05, 4.69) is 58.4 Å². The molecule has 0 radical (unpaired) electrons. The van der Waals surface area contributed by atoms with Crippen LogP contribution in [0.1, 0.15) is 67.5 Å². The van der Waals surface area contributed by atoms with E-state index in [9.17, 15) is 14.4 Å². The van der Waals surface area contributed by atoms with Crippen molar-refractivity contribution >= 4 is 34.9 Å². The molecule has 0 bridgehead atoms. The predicted octanol–water partition coefficient (Wildman–Crippen LogP) is 4.71. The number of ether oxygens (including phenoxy) is 2. The fourth-order valence-electron chi connectivity index (χ4n) is 8.73. The SMILES string of the molecule is CCc1ccc(-c2cc(Nc3cnc(N4CCN(C5COC5)C[C@@H]4C)cn3)c(=O)n(C)c2)c(COC(C)=O)c1N1CCn2c(cc3c2CC(C)(C)C3)C1=O. The first-order valence-electron chi connectivity index (χ1n) is 19.1. The number of benzene rings is 1. The minimum absolute atomic E-state index is 0.0248. The molecule has 2 saturated heterocycles. The number of pyridine rings is 1. The number of esters is 1. The maximum Gasteiger partial charge on any atom is 0.302 e. The summed E-state index contributed by atoms with van der Waals surface area (Å²) >= 11 is 0. The Morgan fingerprint density at radius 2 is 1.87 bits per heavy atom. The number of rotatable bonds is 9. The summed E-state index contributed by atoms with van der Waals surface area (Å²) in [6.45, 7) is 15.7. The van der Waals surface area contributed by atoms with Gasteiger partial charge in [-0.2, -0.15) is 0 Å². The van der Waals surface area contributed by atoms with E-state index < -0.39 is 5.97 Å². The van der Waals surface area contributed by atoms with Crippen molar-refractivity contribution in [1.82, 2.24) is 24.0 Å². The van der Waals surface area contributed by atoms with Crippen LogP contribution >= 0.6 is 0 Å². The number of carbonyl (C=O) groups excluding carboxylic acids is 2. The van der Waals surface area contributed by atoms with Crippen molar-refractivity contribution < 1.29 is 19.1 Å². The lowest BCUT2D eigenvalue weighted by atomic mass is 9.90.